The van der Waals surface area contributed by atoms with Crippen LogP contribution in [0, 0.1) is 0 Å². The summed E-state index contributed by atoms with van der Waals surface area (Å²) < 4.78 is 11.6. The predicted octanol–water partition coefficient (Wildman–Crippen LogP) is 3.53. The van der Waals surface area contributed by atoms with Crippen LogP contribution in [0.3, 0.4) is 0 Å². The lowest BCUT2D eigenvalue weighted by Gasteiger charge is -2.37. The summed E-state index contributed by atoms with van der Waals surface area (Å²) in [5.41, 5.74) is 2.26. The summed E-state index contributed by atoms with van der Waals surface area (Å²) in [4.78, 5) is 29.9. The Morgan fingerprint density at radius 3 is 2.48 bits per heavy atom. The van der Waals surface area contributed by atoms with Gasteiger partial charge < -0.3 is 19.0 Å². The van der Waals surface area contributed by atoms with E-state index < -0.39 is 6.10 Å². The number of hydrogen-bond donors (Lipinski definition) is 0. The molecule has 2 aromatic rings. The minimum absolute atomic E-state index is 0.0341. The SMILES string of the molecule is CC(Oc1ccc2c3c(c(=O)oc2c1)CCCC3)C(=O)N1CCC(N2CCCC2)CC1. The minimum atomic E-state index is -0.565. The van der Waals surface area contributed by atoms with Gasteiger partial charge in [-0.2, -0.15) is 0 Å². The normalized spacial score (nSPS) is 21.3. The molecule has 2 fully saturated rings. The first kappa shape index (κ1) is 20.6. The highest BCUT2D eigenvalue weighted by Gasteiger charge is 2.30. The first-order chi connectivity index (χ1) is 15.1. The molecule has 0 radical (unpaired) electrons. The van der Waals surface area contributed by atoms with Gasteiger partial charge in [0.1, 0.15) is 11.3 Å². The second-order valence-electron chi connectivity index (χ2n) is 9.27. The van der Waals surface area contributed by atoms with E-state index in [0.717, 1.165) is 68.1 Å². The highest BCUT2D eigenvalue weighted by atomic mass is 16.5. The highest BCUT2D eigenvalue weighted by Crippen LogP contribution is 2.29. The fourth-order valence-corrected chi connectivity index (χ4v) is 5.57. The number of hydrogen-bond acceptors (Lipinski definition) is 5. The third kappa shape index (κ3) is 4.10. The lowest BCUT2D eigenvalue weighted by Crippen LogP contribution is -2.49. The van der Waals surface area contributed by atoms with Crippen LogP contribution >= 0.6 is 0 Å². The summed E-state index contributed by atoms with van der Waals surface area (Å²) in [6, 6.07) is 6.24. The van der Waals surface area contributed by atoms with Crippen LogP contribution in [-0.2, 0) is 17.6 Å². The molecule has 2 saturated heterocycles. The summed E-state index contributed by atoms with van der Waals surface area (Å²) in [6.45, 7) is 5.82. The number of fused-ring (bicyclic) bond motifs is 3. The van der Waals surface area contributed by atoms with Gasteiger partial charge in [0.25, 0.3) is 5.91 Å². The molecule has 0 N–H and O–H groups in total. The number of piperidine rings is 1. The molecular weight excluding hydrogens is 392 g/mol. The molecular formula is C25H32N2O4. The second-order valence-corrected chi connectivity index (χ2v) is 9.27. The molecule has 0 bridgehead atoms. The largest absolute Gasteiger partial charge is 0.481 e. The third-order valence-corrected chi connectivity index (χ3v) is 7.29. The van der Waals surface area contributed by atoms with Crippen molar-refractivity contribution in [1.82, 2.24) is 9.80 Å². The average Bonchev–Trinajstić information content (AvgIpc) is 3.34. The lowest BCUT2D eigenvalue weighted by molar-refractivity contribution is -0.139. The Balaban J connectivity index is 1.25. The molecule has 1 aliphatic carbocycles. The van der Waals surface area contributed by atoms with Crippen molar-refractivity contribution in [2.24, 2.45) is 0 Å². The molecule has 1 aromatic heterocycles. The molecule has 5 rings (SSSR count). The smallest absolute Gasteiger partial charge is 0.339 e. The van der Waals surface area contributed by atoms with E-state index in [1.54, 1.807) is 6.07 Å². The fraction of sp³-hybridized carbons (Fsp3) is 0.600. The van der Waals surface area contributed by atoms with Gasteiger partial charge in [0.2, 0.25) is 0 Å². The van der Waals surface area contributed by atoms with Crippen molar-refractivity contribution in [3.05, 3.63) is 39.7 Å². The van der Waals surface area contributed by atoms with E-state index in [0.29, 0.717) is 17.4 Å². The molecule has 3 heterocycles. The Hall–Kier alpha value is -2.34. The van der Waals surface area contributed by atoms with Crippen LogP contribution < -0.4 is 10.4 Å². The fourth-order valence-electron chi connectivity index (χ4n) is 5.57. The number of ether oxygens (including phenoxy) is 1. The standard InChI is InChI=1S/C25H32N2O4/c1-17(24(28)27-14-10-18(11-15-27)26-12-4-5-13-26)30-19-8-9-21-20-6-2-3-7-22(20)25(29)31-23(21)16-19/h8-9,16-18H,2-7,10-15H2,1H3. The Labute approximate surface area is 183 Å². The predicted molar refractivity (Wildman–Crippen MR) is 120 cm³/mol. The molecule has 31 heavy (non-hydrogen) atoms. The number of carbonyl (C=O) groups is 1. The monoisotopic (exact) mass is 424 g/mol. The molecule has 1 aromatic carbocycles. The molecule has 166 valence electrons. The zero-order valence-electron chi connectivity index (χ0n) is 18.4. The van der Waals surface area contributed by atoms with E-state index in [4.69, 9.17) is 9.15 Å². The number of nitrogens with zero attached hydrogens (tertiary/aromatic N) is 2. The van der Waals surface area contributed by atoms with Crippen LogP contribution in [0.25, 0.3) is 11.0 Å². The van der Waals surface area contributed by atoms with Gasteiger partial charge in [-0.05, 0) is 89.1 Å². The number of aryl methyl sites for hydroxylation is 1. The van der Waals surface area contributed by atoms with E-state index >= 15 is 0 Å². The highest BCUT2D eigenvalue weighted by molar-refractivity contribution is 5.84. The molecule has 2 aliphatic heterocycles. The number of amides is 1. The summed E-state index contributed by atoms with van der Waals surface area (Å²) >= 11 is 0. The van der Waals surface area contributed by atoms with Crippen molar-refractivity contribution in [2.45, 2.75) is 70.4 Å². The topological polar surface area (TPSA) is 63.0 Å². The Bertz CT molecular complexity index is 1020. The van der Waals surface area contributed by atoms with Crippen molar-refractivity contribution in [3.8, 4) is 5.75 Å². The first-order valence-corrected chi connectivity index (χ1v) is 11.9. The maximum atomic E-state index is 13.0. The van der Waals surface area contributed by atoms with Gasteiger partial charge in [0, 0.05) is 36.1 Å². The maximum Gasteiger partial charge on any atom is 0.339 e. The second kappa shape index (κ2) is 8.65. The van der Waals surface area contributed by atoms with Crippen molar-refractivity contribution in [1.29, 1.82) is 0 Å². The maximum absolute atomic E-state index is 13.0. The van der Waals surface area contributed by atoms with Crippen molar-refractivity contribution < 1.29 is 13.9 Å². The van der Waals surface area contributed by atoms with Crippen molar-refractivity contribution >= 4 is 16.9 Å². The number of benzene rings is 1. The third-order valence-electron chi connectivity index (χ3n) is 7.29. The molecule has 6 heteroatoms. The average molecular weight is 425 g/mol. The van der Waals surface area contributed by atoms with E-state index in [9.17, 15) is 9.59 Å². The van der Waals surface area contributed by atoms with E-state index in [-0.39, 0.29) is 11.5 Å². The minimum Gasteiger partial charge on any atom is -0.481 e. The zero-order valence-corrected chi connectivity index (χ0v) is 18.4. The van der Waals surface area contributed by atoms with Gasteiger partial charge in [-0.3, -0.25) is 4.79 Å². The number of carbonyl (C=O) groups excluding carboxylic acids is 1. The van der Waals surface area contributed by atoms with Crippen LogP contribution in [-0.4, -0.2) is 54.0 Å². The quantitative estimate of drug-likeness (QED) is 0.703. The van der Waals surface area contributed by atoms with Crippen LogP contribution in [0.4, 0.5) is 0 Å². The van der Waals surface area contributed by atoms with Gasteiger partial charge >= 0.3 is 5.63 Å². The molecule has 6 nitrogen and oxygen atoms in total. The van der Waals surface area contributed by atoms with Gasteiger partial charge in [-0.15, -0.1) is 0 Å². The van der Waals surface area contributed by atoms with Gasteiger partial charge in [0.15, 0.2) is 6.10 Å². The van der Waals surface area contributed by atoms with E-state index in [2.05, 4.69) is 4.90 Å². The summed E-state index contributed by atoms with van der Waals surface area (Å²) in [5, 5.41) is 0.990. The van der Waals surface area contributed by atoms with Crippen LogP contribution in [0.5, 0.6) is 5.75 Å². The first-order valence-electron chi connectivity index (χ1n) is 11.9. The molecule has 1 unspecified atom stereocenters. The van der Waals surface area contributed by atoms with Gasteiger partial charge in [0.05, 0.1) is 0 Å². The summed E-state index contributed by atoms with van der Waals surface area (Å²) in [5.74, 6) is 0.603. The summed E-state index contributed by atoms with van der Waals surface area (Å²) in [7, 11) is 0. The molecule has 3 aliphatic rings. The Morgan fingerprint density at radius 2 is 1.74 bits per heavy atom. The van der Waals surface area contributed by atoms with E-state index in [1.807, 2.05) is 24.0 Å². The summed E-state index contributed by atoms with van der Waals surface area (Å²) in [6.07, 6.45) is 7.99. The molecule has 1 atom stereocenters. The van der Waals surface area contributed by atoms with Crippen LogP contribution in [0.15, 0.2) is 27.4 Å². The number of rotatable bonds is 4. The number of likely N-dealkylation sites (tertiary alicyclic amines) is 2. The molecule has 1 amide bonds. The van der Waals surface area contributed by atoms with Crippen molar-refractivity contribution in [3.63, 3.8) is 0 Å². The van der Waals surface area contributed by atoms with Gasteiger partial charge in [-0.1, -0.05) is 0 Å². The Morgan fingerprint density at radius 1 is 1.03 bits per heavy atom. The molecule has 0 saturated carbocycles. The van der Waals surface area contributed by atoms with Crippen LogP contribution in [0.1, 0.15) is 56.6 Å². The Kier molecular flexibility index (Phi) is 5.74. The van der Waals surface area contributed by atoms with Crippen molar-refractivity contribution in [2.75, 3.05) is 26.2 Å². The lowest BCUT2D eigenvalue weighted by atomic mass is 9.91. The van der Waals surface area contributed by atoms with E-state index in [1.165, 1.54) is 25.9 Å². The van der Waals surface area contributed by atoms with Gasteiger partial charge in [-0.25, -0.2) is 4.79 Å². The zero-order chi connectivity index (χ0) is 21.4. The van der Waals surface area contributed by atoms with Crippen LogP contribution in [0.2, 0.25) is 0 Å². The molecule has 0 spiro atoms.